The van der Waals surface area contributed by atoms with Gasteiger partial charge in [-0.25, -0.2) is 4.98 Å². The largest absolute Gasteiger partial charge is 0.461 e. The molecule has 1 aliphatic carbocycles. The maximum Gasteiger partial charge on any atom is 0.326 e. The molecule has 1 aliphatic rings. The van der Waals surface area contributed by atoms with Gasteiger partial charge in [0.2, 0.25) is 0 Å². The van der Waals surface area contributed by atoms with Gasteiger partial charge in [-0.3, -0.25) is 4.79 Å². The zero-order chi connectivity index (χ0) is 15.5. The summed E-state index contributed by atoms with van der Waals surface area (Å²) in [6.07, 6.45) is 5.22. The Bertz CT molecular complexity index is 654. The van der Waals surface area contributed by atoms with Crippen LogP contribution >= 0.6 is 0 Å². The predicted octanol–water partition coefficient (Wildman–Crippen LogP) is 3.72. The Labute approximate surface area is 131 Å². The van der Waals surface area contributed by atoms with Crippen LogP contribution in [0, 0.1) is 5.92 Å². The smallest absolute Gasteiger partial charge is 0.326 e. The van der Waals surface area contributed by atoms with Crippen molar-refractivity contribution >= 4 is 17.0 Å². The Balaban J connectivity index is 1.71. The second-order valence-corrected chi connectivity index (χ2v) is 6.33. The maximum absolute atomic E-state index is 12.3. The topological polar surface area (TPSA) is 44.1 Å². The molecule has 1 aromatic heterocycles. The van der Waals surface area contributed by atoms with Gasteiger partial charge in [0.25, 0.3) is 0 Å². The number of para-hydroxylation sites is 2. The number of hydrogen-bond acceptors (Lipinski definition) is 3. The van der Waals surface area contributed by atoms with Gasteiger partial charge in [0.05, 0.1) is 11.0 Å². The minimum absolute atomic E-state index is 0.101. The monoisotopic (exact) mass is 300 g/mol. The van der Waals surface area contributed by atoms with Crippen molar-refractivity contribution in [3.05, 3.63) is 30.1 Å². The van der Waals surface area contributed by atoms with E-state index < -0.39 is 0 Å². The molecule has 0 saturated heterocycles. The molecule has 0 radical (unpaired) electrons. The van der Waals surface area contributed by atoms with Crippen LogP contribution in [0.25, 0.3) is 11.0 Å². The summed E-state index contributed by atoms with van der Waals surface area (Å²) in [4.78, 5) is 16.9. The van der Waals surface area contributed by atoms with E-state index in [1.807, 2.05) is 28.8 Å². The molecule has 1 fully saturated rings. The summed E-state index contributed by atoms with van der Waals surface area (Å²) in [5, 5.41) is 0. The van der Waals surface area contributed by atoms with Gasteiger partial charge in [-0.2, -0.15) is 0 Å². The second kappa shape index (κ2) is 6.51. The van der Waals surface area contributed by atoms with Crippen molar-refractivity contribution in [2.24, 2.45) is 5.92 Å². The van der Waals surface area contributed by atoms with Crippen LogP contribution in [0.2, 0.25) is 0 Å². The van der Waals surface area contributed by atoms with Crippen molar-refractivity contribution in [1.29, 1.82) is 0 Å². The third kappa shape index (κ3) is 3.16. The van der Waals surface area contributed by atoms with Gasteiger partial charge in [0, 0.05) is 6.42 Å². The highest BCUT2D eigenvalue weighted by Gasteiger charge is 2.22. The number of ether oxygens (including phenoxy) is 1. The Morgan fingerprint density at radius 2 is 2.00 bits per heavy atom. The minimum Gasteiger partial charge on any atom is -0.461 e. The lowest BCUT2D eigenvalue weighted by molar-refractivity contribution is -0.151. The van der Waals surface area contributed by atoms with Gasteiger partial charge in [-0.1, -0.05) is 26.0 Å². The van der Waals surface area contributed by atoms with E-state index in [4.69, 9.17) is 4.74 Å². The van der Waals surface area contributed by atoms with E-state index in [2.05, 4.69) is 18.8 Å². The lowest BCUT2D eigenvalue weighted by atomic mass is 9.89. The fourth-order valence-electron chi connectivity index (χ4n) is 3.27. The van der Waals surface area contributed by atoms with E-state index in [-0.39, 0.29) is 18.6 Å². The van der Waals surface area contributed by atoms with Crippen molar-refractivity contribution in [3.63, 3.8) is 0 Å². The quantitative estimate of drug-likeness (QED) is 0.808. The molecule has 0 atom stereocenters. The number of benzene rings is 1. The van der Waals surface area contributed by atoms with Crippen LogP contribution < -0.4 is 0 Å². The molecule has 0 spiro atoms. The molecule has 1 saturated carbocycles. The molecule has 1 heterocycles. The van der Waals surface area contributed by atoms with Crippen LogP contribution in [0.1, 0.15) is 45.4 Å². The average molecular weight is 300 g/mol. The lowest BCUT2D eigenvalue weighted by Gasteiger charge is -2.26. The van der Waals surface area contributed by atoms with Crippen molar-refractivity contribution < 1.29 is 9.53 Å². The molecule has 2 aromatic rings. The molecule has 0 bridgehead atoms. The van der Waals surface area contributed by atoms with Crippen LogP contribution in [-0.2, 0) is 22.5 Å². The summed E-state index contributed by atoms with van der Waals surface area (Å²) in [7, 11) is 0. The van der Waals surface area contributed by atoms with E-state index in [1.165, 1.54) is 0 Å². The van der Waals surface area contributed by atoms with Crippen molar-refractivity contribution in [2.45, 2.75) is 58.6 Å². The highest BCUT2D eigenvalue weighted by atomic mass is 16.5. The van der Waals surface area contributed by atoms with Gasteiger partial charge in [0.15, 0.2) is 0 Å². The summed E-state index contributed by atoms with van der Waals surface area (Å²) in [6.45, 7) is 4.59. The van der Waals surface area contributed by atoms with Crippen LogP contribution in [0.4, 0.5) is 0 Å². The number of carbonyl (C=O) groups is 1. The first kappa shape index (κ1) is 15.1. The molecule has 4 heteroatoms. The van der Waals surface area contributed by atoms with E-state index in [0.717, 1.165) is 54.9 Å². The van der Waals surface area contributed by atoms with Crippen molar-refractivity contribution in [2.75, 3.05) is 0 Å². The molecule has 4 nitrogen and oxygen atoms in total. The molecular formula is C18H24N2O2. The minimum atomic E-state index is -0.141. The Morgan fingerprint density at radius 1 is 1.27 bits per heavy atom. The molecule has 22 heavy (non-hydrogen) atoms. The van der Waals surface area contributed by atoms with Crippen molar-refractivity contribution in [1.82, 2.24) is 9.55 Å². The van der Waals surface area contributed by atoms with E-state index >= 15 is 0 Å². The molecule has 3 rings (SSSR count). The molecule has 0 aliphatic heterocycles. The predicted molar refractivity (Wildman–Crippen MR) is 86.6 cm³/mol. The molecule has 0 amide bonds. The first-order valence-electron chi connectivity index (χ1n) is 8.31. The van der Waals surface area contributed by atoms with Gasteiger partial charge >= 0.3 is 5.97 Å². The zero-order valence-corrected chi connectivity index (χ0v) is 13.4. The zero-order valence-electron chi connectivity index (χ0n) is 13.4. The fraction of sp³-hybridized carbons (Fsp3) is 0.556. The number of esters is 1. The molecule has 0 unspecified atom stereocenters. The summed E-state index contributed by atoms with van der Waals surface area (Å²) < 4.78 is 7.66. The van der Waals surface area contributed by atoms with Gasteiger partial charge in [-0.15, -0.1) is 0 Å². The number of imidazole rings is 1. The summed E-state index contributed by atoms with van der Waals surface area (Å²) >= 11 is 0. The maximum atomic E-state index is 12.3. The number of rotatable bonds is 4. The number of aromatic nitrogens is 2. The number of carbonyl (C=O) groups excluding carboxylic acids is 1. The Morgan fingerprint density at radius 3 is 2.73 bits per heavy atom. The third-order valence-electron chi connectivity index (χ3n) is 4.60. The van der Waals surface area contributed by atoms with Gasteiger partial charge in [0.1, 0.15) is 18.5 Å². The Kier molecular flexibility index (Phi) is 4.46. The van der Waals surface area contributed by atoms with Crippen LogP contribution in [0.3, 0.4) is 0 Å². The first-order chi connectivity index (χ1) is 10.7. The number of hydrogen-bond donors (Lipinski definition) is 0. The van der Waals surface area contributed by atoms with E-state index in [9.17, 15) is 4.79 Å². The molecular weight excluding hydrogens is 276 g/mol. The van der Waals surface area contributed by atoms with Gasteiger partial charge in [-0.05, 0) is 43.7 Å². The second-order valence-electron chi connectivity index (χ2n) is 6.33. The van der Waals surface area contributed by atoms with E-state index in [0.29, 0.717) is 0 Å². The number of aryl methyl sites for hydroxylation is 1. The molecule has 118 valence electrons. The third-order valence-corrected chi connectivity index (χ3v) is 4.60. The number of nitrogens with zero attached hydrogens (tertiary/aromatic N) is 2. The summed E-state index contributed by atoms with van der Waals surface area (Å²) in [6, 6.07) is 7.95. The van der Waals surface area contributed by atoms with Gasteiger partial charge < -0.3 is 9.30 Å². The van der Waals surface area contributed by atoms with Crippen LogP contribution in [-0.4, -0.2) is 21.6 Å². The van der Waals surface area contributed by atoms with E-state index in [1.54, 1.807) is 0 Å². The van der Waals surface area contributed by atoms with Crippen LogP contribution in [0.5, 0.6) is 0 Å². The van der Waals surface area contributed by atoms with Crippen molar-refractivity contribution in [3.8, 4) is 0 Å². The molecule has 0 N–H and O–H groups in total. The first-order valence-corrected chi connectivity index (χ1v) is 8.31. The SMILES string of the molecule is CCc1nc2ccccc2n1CC(=O)O[C@H]1CC[C@H](C)CC1. The standard InChI is InChI=1S/C18H24N2O2/c1-3-17-19-15-6-4-5-7-16(15)20(17)12-18(21)22-14-10-8-13(2)9-11-14/h4-7,13-14H,3,8-12H2,1-2H3/t13-,14-. The Hall–Kier alpha value is -1.84. The summed E-state index contributed by atoms with van der Waals surface area (Å²) in [5.41, 5.74) is 1.95. The highest BCUT2D eigenvalue weighted by Crippen LogP contribution is 2.26. The summed E-state index contributed by atoms with van der Waals surface area (Å²) in [5.74, 6) is 1.56. The highest BCUT2D eigenvalue weighted by molar-refractivity contribution is 5.79. The normalized spacial score (nSPS) is 21.9. The number of fused-ring (bicyclic) bond motifs is 1. The average Bonchev–Trinajstić information content (AvgIpc) is 2.87. The van der Waals surface area contributed by atoms with Crippen LogP contribution in [0.15, 0.2) is 24.3 Å². The molecule has 1 aromatic carbocycles. The fourth-order valence-corrected chi connectivity index (χ4v) is 3.27. The lowest BCUT2D eigenvalue weighted by Crippen LogP contribution is -2.26.